The van der Waals surface area contributed by atoms with Crippen LogP contribution in [0.15, 0.2) is 16.8 Å². The van der Waals surface area contributed by atoms with Crippen LogP contribution in [-0.4, -0.2) is 0 Å². The van der Waals surface area contributed by atoms with Crippen molar-refractivity contribution in [3.63, 3.8) is 0 Å². The minimum absolute atomic E-state index is 0.0914. The van der Waals surface area contributed by atoms with Gasteiger partial charge in [0.1, 0.15) is 0 Å². The van der Waals surface area contributed by atoms with Gasteiger partial charge in [-0.05, 0) is 29.3 Å². The predicted octanol–water partition coefficient (Wildman–Crippen LogP) is 2.16. The van der Waals surface area contributed by atoms with Gasteiger partial charge in [-0.15, -0.1) is 11.8 Å². The third kappa shape index (κ3) is 2.38. The van der Waals surface area contributed by atoms with Crippen molar-refractivity contribution < 1.29 is 0 Å². The molecule has 0 aliphatic carbocycles. The van der Waals surface area contributed by atoms with E-state index in [1.807, 2.05) is 18.4 Å². The molecule has 1 atom stereocenters. The summed E-state index contributed by atoms with van der Waals surface area (Å²) < 4.78 is 0. The second kappa shape index (κ2) is 4.17. The molecule has 2 N–H and O–H groups in total. The standard InChI is InChI=1S/C9H11NS/c1-2-3-4-9(10)8-5-6-11-7-8/h5-7,9H,4,10H2,1H3. The second-order valence-electron chi connectivity index (χ2n) is 2.29. The van der Waals surface area contributed by atoms with Crippen LogP contribution < -0.4 is 5.73 Å². The molecule has 1 aromatic rings. The van der Waals surface area contributed by atoms with Gasteiger partial charge in [0, 0.05) is 12.5 Å². The summed E-state index contributed by atoms with van der Waals surface area (Å²) in [6, 6.07) is 2.14. The van der Waals surface area contributed by atoms with Gasteiger partial charge in [0.05, 0.1) is 0 Å². The van der Waals surface area contributed by atoms with E-state index in [0.29, 0.717) is 0 Å². The smallest absolute Gasteiger partial charge is 0.0414 e. The number of rotatable bonds is 2. The van der Waals surface area contributed by atoms with Crippen LogP contribution in [-0.2, 0) is 0 Å². The number of hydrogen-bond acceptors (Lipinski definition) is 2. The lowest BCUT2D eigenvalue weighted by atomic mass is 10.1. The molecule has 0 aliphatic heterocycles. The third-order valence-corrected chi connectivity index (χ3v) is 2.17. The van der Waals surface area contributed by atoms with Gasteiger partial charge >= 0.3 is 0 Å². The average molecular weight is 165 g/mol. The summed E-state index contributed by atoms with van der Waals surface area (Å²) in [5, 5.41) is 4.11. The molecule has 0 fully saturated rings. The number of thiophene rings is 1. The fourth-order valence-corrected chi connectivity index (χ4v) is 1.54. The van der Waals surface area contributed by atoms with Gasteiger partial charge in [0.2, 0.25) is 0 Å². The normalized spacial score (nSPS) is 11.8. The van der Waals surface area contributed by atoms with E-state index in [2.05, 4.69) is 17.2 Å². The van der Waals surface area contributed by atoms with Crippen molar-refractivity contribution in [2.75, 3.05) is 0 Å². The van der Waals surface area contributed by atoms with E-state index in [9.17, 15) is 0 Å². The number of nitrogens with two attached hydrogens (primary N) is 1. The molecule has 0 saturated carbocycles. The summed E-state index contributed by atoms with van der Waals surface area (Å²) in [7, 11) is 0. The lowest BCUT2D eigenvalue weighted by Gasteiger charge is -2.03. The first-order valence-electron chi connectivity index (χ1n) is 3.52. The molecule has 0 spiro atoms. The molecule has 1 nitrogen and oxygen atoms in total. The highest BCUT2D eigenvalue weighted by atomic mass is 32.1. The summed E-state index contributed by atoms with van der Waals surface area (Å²) in [5.74, 6) is 5.80. The minimum atomic E-state index is 0.0914. The Morgan fingerprint density at radius 2 is 2.55 bits per heavy atom. The van der Waals surface area contributed by atoms with Gasteiger partial charge in [-0.1, -0.05) is 0 Å². The molecule has 0 aliphatic rings. The van der Waals surface area contributed by atoms with Crippen LogP contribution in [0.1, 0.15) is 24.9 Å². The molecule has 0 amide bonds. The summed E-state index contributed by atoms with van der Waals surface area (Å²) in [6.45, 7) is 1.83. The molecule has 58 valence electrons. The molecule has 0 bridgehead atoms. The number of hydrogen-bond donors (Lipinski definition) is 1. The van der Waals surface area contributed by atoms with Crippen LogP contribution in [0.3, 0.4) is 0 Å². The van der Waals surface area contributed by atoms with Crippen LogP contribution in [0, 0.1) is 11.8 Å². The average Bonchev–Trinajstić information content (AvgIpc) is 2.52. The zero-order chi connectivity index (χ0) is 8.10. The van der Waals surface area contributed by atoms with Crippen molar-refractivity contribution >= 4 is 11.3 Å². The SMILES string of the molecule is CC#CCC(N)c1ccsc1. The van der Waals surface area contributed by atoms with Crippen LogP contribution in [0.4, 0.5) is 0 Å². The van der Waals surface area contributed by atoms with Gasteiger partial charge in [0.15, 0.2) is 0 Å². The quantitative estimate of drug-likeness (QED) is 0.668. The van der Waals surface area contributed by atoms with Gasteiger partial charge in [-0.25, -0.2) is 0 Å². The van der Waals surface area contributed by atoms with E-state index in [0.717, 1.165) is 6.42 Å². The van der Waals surface area contributed by atoms with Crippen LogP contribution in [0.5, 0.6) is 0 Å². The lowest BCUT2D eigenvalue weighted by Crippen LogP contribution is -2.07. The van der Waals surface area contributed by atoms with E-state index in [1.54, 1.807) is 11.3 Å². The topological polar surface area (TPSA) is 26.0 Å². The maximum atomic E-state index is 5.83. The Hall–Kier alpha value is -0.780. The Bertz CT molecular complexity index is 253. The first kappa shape index (κ1) is 8.32. The molecule has 1 heterocycles. The monoisotopic (exact) mass is 165 g/mol. The largest absolute Gasteiger partial charge is 0.323 e. The van der Waals surface area contributed by atoms with Crippen molar-refractivity contribution in [3.8, 4) is 11.8 Å². The fourth-order valence-electron chi connectivity index (χ4n) is 0.816. The first-order chi connectivity index (χ1) is 5.34. The van der Waals surface area contributed by atoms with E-state index in [4.69, 9.17) is 5.73 Å². The van der Waals surface area contributed by atoms with Crippen LogP contribution in [0.25, 0.3) is 0 Å². The van der Waals surface area contributed by atoms with Crippen molar-refractivity contribution in [2.45, 2.75) is 19.4 Å². The molecular weight excluding hydrogens is 154 g/mol. The fraction of sp³-hybridized carbons (Fsp3) is 0.333. The Morgan fingerprint density at radius 3 is 3.09 bits per heavy atom. The molecular formula is C9H11NS. The van der Waals surface area contributed by atoms with Gasteiger partial charge in [-0.2, -0.15) is 11.3 Å². The maximum absolute atomic E-state index is 5.83. The molecule has 2 heteroatoms. The highest BCUT2D eigenvalue weighted by molar-refractivity contribution is 7.07. The van der Waals surface area contributed by atoms with Gasteiger partial charge < -0.3 is 5.73 Å². The Kier molecular flexibility index (Phi) is 3.15. The zero-order valence-corrected chi connectivity index (χ0v) is 7.32. The molecule has 1 unspecified atom stereocenters. The molecule has 0 saturated heterocycles. The highest BCUT2D eigenvalue weighted by Gasteiger charge is 2.02. The van der Waals surface area contributed by atoms with Crippen LogP contribution >= 0.6 is 11.3 Å². The van der Waals surface area contributed by atoms with E-state index < -0.39 is 0 Å². The summed E-state index contributed by atoms with van der Waals surface area (Å²) >= 11 is 1.67. The van der Waals surface area contributed by atoms with E-state index in [-0.39, 0.29) is 6.04 Å². The maximum Gasteiger partial charge on any atom is 0.0414 e. The van der Waals surface area contributed by atoms with E-state index >= 15 is 0 Å². The Labute approximate surface area is 71.2 Å². The van der Waals surface area contributed by atoms with Gasteiger partial charge in [0.25, 0.3) is 0 Å². The van der Waals surface area contributed by atoms with Crippen molar-refractivity contribution in [2.24, 2.45) is 5.73 Å². The summed E-state index contributed by atoms with van der Waals surface area (Å²) in [4.78, 5) is 0. The van der Waals surface area contributed by atoms with E-state index in [1.165, 1.54) is 5.56 Å². The van der Waals surface area contributed by atoms with Gasteiger partial charge in [-0.3, -0.25) is 0 Å². The second-order valence-corrected chi connectivity index (χ2v) is 3.07. The molecule has 0 aromatic carbocycles. The highest BCUT2D eigenvalue weighted by Crippen LogP contribution is 2.15. The predicted molar refractivity (Wildman–Crippen MR) is 49.3 cm³/mol. The Morgan fingerprint density at radius 1 is 1.73 bits per heavy atom. The molecule has 0 radical (unpaired) electrons. The van der Waals surface area contributed by atoms with Crippen LogP contribution in [0.2, 0.25) is 0 Å². The summed E-state index contributed by atoms with van der Waals surface area (Å²) in [5.41, 5.74) is 7.02. The minimum Gasteiger partial charge on any atom is -0.323 e. The van der Waals surface area contributed by atoms with Crippen molar-refractivity contribution in [1.82, 2.24) is 0 Å². The molecule has 11 heavy (non-hydrogen) atoms. The summed E-state index contributed by atoms with van der Waals surface area (Å²) in [6.07, 6.45) is 0.757. The van der Waals surface area contributed by atoms with Crippen molar-refractivity contribution in [3.05, 3.63) is 22.4 Å². The lowest BCUT2D eigenvalue weighted by molar-refractivity contribution is 0.758. The zero-order valence-electron chi connectivity index (χ0n) is 6.50. The van der Waals surface area contributed by atoms with Crippen molar-refractivity contribution in [1.29, 1.82) is 0 Å². The first-order valence-corrected chi connectivity index (χ1v) is 4.46. The molecule has 1 rings (SSSR count). The Balaban J connectivity index is 2.53. The third-order valence-electron chi connectivity index (χ3n) is 1.47. The molecule has 1 aromatic heterocycles.